The highest BCUT2D eigenvalue weighted by Crippen LogP contribution is 2.02. The maximum atomic E-state index is 11.5. The summed E-state index contributed by atoms with van der Waals surface area (Å²) in [5.41, 5.74) is 0. The van der Waals surface area contributed by atoms with Gasteiger partial charge >= 0.3 is 5.97 Å². The molecule has 1 amide bonds. The molecule has 1 N–H and O–H groups in total. The molecule has 0 aliphatic carbocycles. The summed E-state index contributed by atoms with van der Waals surface area (Å²) in [6.07, 6.45) is 1.87. The van der Waals surface area contributed by atoms with Crippen molar-refractivity contribution in [3.63, 3.8) is 0 Å². The van der Waals surface area contributed by atoms with E-state index in [-0.39, 0.29) is 7.19 Å². The van der Waals surface area contributed by atoms with Gasteiger partial charge in [-0.2, -0.15) is 0 Å². The number of carbonyl (C=O) groups is 2. The Balaban J connectivity index is 0.00000225. The number of rotatable bonds is 4. The van der Waals surface area contributed by atoms with Gasteiger partial charge in [0.1, 0.15) is 6.04 Å². The van der Waals surface area contributed by atoms with Crippen LogP contribution in [0.4, 0.5) is 0 Å². The molecule has 0 saturated carbocycles. The Hall–Kier alpha value is -1.78. The zero-order valence-corrected chi connectivity index (χ0v) is 8.65. The van der Waals surface area contributed by atoms with Gasteiger partial charge in [0.15, 0.2) is 5.76 Å². The lowest BCUT2D eigenvalue weighted by molar-refractivity contribution is -0.142. The van der Waals surface area contributed by atoms with Gasteiger partial charge in [0.05, 0.1) is 13.4 Å². The minimum atomic E-state index is -0.632. The molecule has 15 heavy (non-hydrogen) atoms. The minimum Gasteiger partial charge on any atom is -0.467 e. The Morgan fingerprint density at radius 3 is 2.87 bits per heavy atom. The summed E-state index contributed by atoms with van der Waals surface area (Å²) in [5.74, 6) is -0.702. The van der Waals surface area contributed by atoms with Crippen molar-refractivity contribution in [3.05, 3.63) is 24.2 Å². The van der Waals surface area contributed by atoms with Crippen LogP contribution in [0, 0.1) is 0 Å². The maximum absolute atomic E-state index is 11.5. The first-order valence-corrected chi connectivity index (χ1v) is 4.61. The number of ether oxygens (including phenoxy) is 1. The fourth-order valence-electron chi connectivity index (χ4n) is 1.11. The van der Waals surface area contributed by atoms with Gasteiger partial charge in [-0.25, -0.2) is 4.79 Å². The van der Waals surface area contributed by atoms with Crippen molar-refractivity contribution in [3.8, 4) is 0 Å². The number of amides is 1. The third-order valence-electron chi connectivity index (χ3n) is 1.94. The first-order chi connectivity index (χ1) is 7.19. The summed E-state index contributed by atoms with van der Waals surface area (Å²) < 4.78 is 9.43. The lowest BCUT2D eigenvalue weighted by Crippen LogP contribution is -2.40. The van der Waals surface area contributed by atoms with E-state index in [0.717, 1.165) is 0 Å². The third-order valence-corrected chi connectivity index (χ3v) is 1.94. The highest BCUT2D eigenvalue weighted by Gasteiger charge is 2.20. The molecule has 1 atom stereocenters. The van der Waals surface area contributed by atoms with Crippen LogP contribution in [-0.4, -0.2) is 25.0 Å². The summed E-state index contributed by atoms with van der Waals surface area (Å²) in [5, 5.41) is 2.51. The van der Waals surface area contributed by atoms with Gasteiger partial charge in [-0.15, -0.1) is 0 Å². The Morgan fingerprint density at radius 1 is 1.67 bits per heavy atom. The smallest absolute Gasteiger partial charge is 0.328 e. The minimum absolute atomic E-state index is 0. The Kier molecular flexibility index (Phi) is 3.91. The average molecular weight is 213 g/mol. The molecule has 1 heterocycles. The normalized spacial score (nSPS) is 11.9. The molecule has 0 radical (unpaired) electrons. The van der Waals surface area contributed by atoms with Crippen LogP contribution in [0.25, 0.3) is 0 Å². The monoisotopic (exact) mass is 213 g/mol. The van der Waals surface area contributed by atoms with Crippen molar-refractivity contribution in [1.29, 1.82) is 0 Å². The number of esters is 1. The molecule has 0 fully saturated rings. The van der Waals surface area contributed by atoms with Crippen molar-refractivity contribution in [2.24, 2.45) is 0 Å². The van der Waals surface area contributed by atoms with Crippen molar-refractivity contribution in [2.75, 3.05) is 7.11 Å². The van der Waals surface area contributed by atoms with Crippen LogP contribution >= 0.6 is 0 Å². The molecular formula is C10H15NO4. The second-order valence-corrected chi connectivity index (χ2v) is 2.93. The molecular weight excluding hydrogens is 198 g/mol. The van der Waals surface area contributed by atoms with Crippen molar-refractivity contribution < 1.29 is 20.2 Å². The predicted octanol–water partition coefficient (Wildman–Crippen LogP) is 1.21. The van der Waals surface area contributed by atoms with Gasteiger partial charge in [-0.3, -0.25) is 4.79 Å². The number of furan rings is 1. The number of nitrogens with one attached hydrogen (secondary N) is 1. The van der Waals surface area contributed by atoms with Crippen LogP contribution in [0.1, 0.15) is 25.3 Å². The fourth-order valence-corrected chi connectivity index (χ4v) is 1.11. The molecule has 84 valence electrons. The molecule has 1 aromatic rings. The summed E-state index contributed by atoms with van der Waals surface area (Å²) in [7, 11) is 1.28. The van der Waals surface area contributed by atoms with Crippen molar-refractivity contribution in [1.82, 2.24) is 5.32 Å². The third kappa shape index (κ3) is 2.83. The van der Waals surface area contributed by atoms with Gasteiger partial charge in [-0.05, 0) is 18.6 Å². The summed E-state index contributed by atoms with van der Waals surface area (Å²) >= 11 is 0. The van der Waals surface area contributed by atoms with Crippen LogP contribution in [0.5, 0.6) is 0 Å². The van der Waals surface area contributed by atoms with E-state index >= 15 is 0 Å². The fraction of sp³-hybridized carbons (Fsp3) is 0.400. The van der Waals surface area contributed by atoms with Crippen LogP contribution in [0.15, 0.2) is 22.8 Å². The summed E-state index contributed by atoms with van der Waals surface area (Å²) in [6.45, 7) is 1.78. The first-order valence-electron chi connectivity index (χ1n) is 4.61. The maximum Gasteiger partial charge on any atom is 0.328 e. The number of hydrogen-bond acceptors (Lipinski definition) is 4. The first kappa shape index (κ1) is 11.3. The Morgan fingerprint density at radius 2 is 2.40 bits per heavy atom. The summed E-state index contributed by atoms with van der Waals surface area (Å²) in [6, 6.07) is 2.50. The van der Waals surface area contributed by atoms with Gasteiger partial charge in [-0.1, -0.05) is 6.92 Å². The second kappa shape index (κ2) is 5.19. The van der Waals surface area contributed by atoms with Crippen LogP contribution < -0.4 is 5.32 Å². The predicted molar refractivity (Wildman–Crippen MR) is 54.4 cm³/mol. The zero-order valence-electron chi connectivity index (χ0n) is 8.65. The van der Waals surface area contributed by atoms with E-state index in [0.29, 0.717) is 6.42 Å². The van der Waals surface area contributed by atoms with E-state index in [4.69, 9.17) is 4.42 Å². The molecule has 5 heteroatoms. The number of hydrogen-bond donors (Lipinski definition) is 1. The van der Waals surface area contributed by atoms with Gasteiger partial charge in [0.2, 0.25) is 0 Å². The Bertz CT molecular complexity index is 337. The van der Waals surface area contributed by atoms with Gasteiger partial charge in [0, 0.05) is 1.43 Å². The lowest BCUT2D eigenvalue weighted by Gasteiger charge is -2.12. The molecule has 0 aromatic carbocycles. The SMILES string of the molecule is CC[C@H](NC(=O)c1ccco1)C(=O)OC.[HH]. The van der Waals surface area contributed by atoms with E-state index in [1.54, 1.807) is 13.0 Å². The molecule has 0 spiro atoms. The molecule has 0 aliphatic heterocycles. The zero-order chi connectivity index (χ0) is 11.3. The summed E-state index contributed by atoms with van der Waals surface area (Å²) in [4.78, 5) is 22.7. The standard InChI is InChI=1S/C10H13NO4.H2/c1-3-7(10(13)14-2)11-9(12)8-5-4-6-15-8;/h4-7H,3H2,1-2H3,(H,11,12);1H/t7-;/m0./s1. The van der Waals surface area contributed by atoms with Crippen molar-refractivity contribution in [2.45, 2.75) is 19.4 Å². The molecule has 1 rings (SSSR count). The molecule has 0 saturated heterocycles. The van der Waals surface area contributed by atoms with E-state index < -0.39 is 17.9 Å². The van der Waals surface area contributed by atoms with E-state index in [1.165, 1.54) is 19.4 Å². The molecule has 0 unspecified atom stereocenters. The lowest BCUT2D eigenvalue weighted by atomic mass is 10.2. The van der Waals surface area contributed by atoms with Gasteiger partial charge < -0.3 is 14.5 Å². The van der Waals surface area contributed by atoms with E-state index in [9.17, 15) is 9.59 Å². The Labute approximate surface area is 88.9 Å². The van der Waals surface area contributed by atoms with E-state index in [1.807, 2.05) is 0 Å². The van der Waals surface area contributed by atoms with Crippen LogP contribution in [0.3, 0.4) is 0 Å². The van der Waals surface area contributed by atoms with Gasteiger partial charge in [0.25, 0.3) is 5.91 Å². The highest BCUT2D eigenvalue weighted by atomic mass is 16.5. The van der Waals surface area contributed by atoms with Crippen LogP contribution in [-0.2, 0) is 9.53 Å². The number of carbonyl (C=O) groups excluding carboxylic acids is 2. The van der Waals surface area contributed by atoms with Crippen LogP contribution in [0.2, 0.25) is 0 Å². The molecule has 0 bridgehead atoms. The molecule has 1 aromatic heterocycles. The largest absolute Gasteiger partial charge is 0.467 e. The second-order valence-electron chi connectivity index (χ2n) is 2.93. The number of methoxy groups -OCH3 is 1. The quantitative estimate of drug-likeness (QED) is 0.763. The van der Waals surface area contributed by atoms with Crippen molar-refractivity contribution >= 4 is 11.9 Å². The topological polar surface area (TPSA) is 68.5 Å². The average Bonchev–Trinajstić information content (AvgIpc) is 2.77. The molecule has 0 aliphatic rings. The van der Waals surface area contributed by atoms with E-state index in [2.05, 4.69) is 10.1 Å². The highest BCUT2D eigenvalue weighted by molar-refractivity contribution is 5.94. The molecule has 5 nitrogen and oxygen atoms in total.